The molecule has 21 heavy (non-hydrogen) atoms. The van der Waals surface area contributed by atoms with Crippen LogP contribution in [0.3, 0.4) is 0 Å². The van der Waals surface area contributed by atoms with Gasteiger partial charge in [0.25, 0.3) is 5.69 Å². The minimum atomic E-state index is -0.627. The van der Waals surface area contributed by atoms with Gasteiger partial charge in [-0.3, -0.25) is 10.1 Å². The third-order valence-electron chi connectivity index (χ3n) is 3.65. The summed E-state index contributed by atoms with van der Waals surface area (Å²) in [7, 11) is 0. The van der Waals surface area contributed by atoms with E-state index in [1.807, 2.05) is 11.8 Å². The molecule has 1 atom stereocenters. The van der Waals surface area contributed by atoms with Gasteiger partial charge in [-0.2, -0.15) is 0 Å². The highest BCUT2D eigenvalue weighted by Crippen LogP contribution is 2.33. The lowest BCUT2D eigenvalue weighted by Crippen LogP contribution is -2.38. The van der Waals surface area contributed by atoms with Gasteiger partial charge in [-0.25, -0.2) is 4.39 Å². The number of nitro groups is 1. The van der Waals surface area contributed by atoms with Crippen LogP contribution in [0.15, 0.2) is 12.1 Å². The number of hydrogen-bond donors (Lipinski definition) is 1. The van der Waals surface area contributed by atoms with Crippen LogP contribution in [0.4, 0.5) is 15.8 Å². The number of nitro benzene ring substituents is 1. The molecule has 0 amide bonds. The average molecular weight is 316 g/mol. The molecule has 2 rings (SSSR count). The van der Waals surface area contributed by atoms with Crippen LogP contribution in [-0.4, -0.2) is 30.6 Å². The molecule has 0 aliphatic carbocycles. The van der Waals surface area contributed by atoms with Gasteiger partial charge in [-0.1, -0.05) is 18.5 Å². The molecule has 0 bridgehead atoms. The first-order valence-electron chi connectivity index (χ1n) is 7.14. The summed E-state index contributed by atoms with van der Waals surface area (Å²) in [5.74, 6) is -0.627. The maximum Gasteiger partial charge on any atom is 0.294 e. The Morgan fingerprint density at radius 2 is 2.33 bits per heavy atom. The fourth-order valence-electron chi connectivity index (χ4n) is 2.68. The van der Waals surface area contributed by atoms with E-state index in [-0.39, 0.29) is 16.8 Å². The van der Waals surface area contributed by atoms with E-state index in [2.05, 4.69) is 5.32 Å². The van der Waals surface area contributed by atoms with Crippen molar-refractivity contribution in [3.8, 4) is 0 Å². The van der Waals surface area contributed by atoms with Gasteiger partial charge in [0.1, 0.15) is 11.5 Å². The summed E-state index contributed by atoms with van der Waals surface area (Å²) in [4.78, 5) is 12.6. The average Bonchev–Trinajstić information content (AvgIpc) is 2.93. The van der Waals surface area contributed by atoms with Crippen molar-refractivity contribution < 1.29 is 9.31 Å². The molecular weight excluding hydrogens is 297 g/mol. The zero-order chi connectivity index (χ0) is 15.4. The quantitative estimate of drug-likeness (QED) is 0.646. The van der Waals surface area contributed by atoms with E-state index in [0.717, 1.165) is 31.9 Å². The highest BCUT2D eigenvalue weighted by Gasteiger charge is 2.25. The smallest absolute Gasteiger partial charge is 0.294 e. The van der Waals surface area contributed by atoms with Gasteiger partial charge in [0.15, 0.2) is 0 Å². The van der Waals surface area contributed by atoms with Crippen LogP contribution in [0.2, 0.25) is 5.02 Å². The van der Waals surface area contributed by atoms with Crippen molar-refractivity contribution in [2.75, 3.05) is 24.5 Å². The monoisotopic (exact) mass is 315 g/mol. The van der Waals surface area contributed by atoms with E-state index in [4.69, 9.17) is 11.6 Å². The molecule has 1 aliphatic heterocycles. The Morgan fingerprint density at radius 1 is 1.57 bits per heavy atom. The van der Waals surface area contributed by atoms with E-state index in [1.54, 1.807) is 0 Å². The van der Waals surface area contributed by atoms with Gasteiger partial charge in [0.05, 0.1) is 9.95 Å². The summed E-state index contributed by atoms with van der Waals surface area (Å²) in [5, 5.41) is 14.4. The molecule has 1 aliphatic rings. The van der Waals surface area contributed by atoms with Crippen molar-refractivity contribution in [3.63, 3.8) is 0 Å². The molecule has 1 fully saturated rings. The Labute approximate surface area is 128 Å². The standard InChI is InChI=1S/C14H19ClFN3O2/c1-2-6-18(9-10-4-3-5-17-10)13-8-12(16)11(15)7-14(13)19(20)21/h7-8,10,17H,2-6,9H2,1H3. The maximum atomic E-state index is 13.7. The fourth-order valence-corrected chi connectivity index (χ4v) is 2.84. The van der Waals surface area contributed by atoms with Gasteiger partial charge >= 0.3 is 0 Å². The number of halogens is 2. The lowest BCUT2D eigenvalue weighted by molar-refractivity contribution is -0.384. The van der Waals surface area contributed by atoms with Crippen LogP contribution in [0.25, 0.3) is 0 Å². The largest absolute Gasteiger partial charge is 0.364 e. The second kappa shape index (κ2) is 7.04. The third kappa shape index (κ3) is 3.83. The lowest BCUT2D eigenvalue weighted by Gasteiger charge is -2.27. The summed E-state index contributed by atoms with van der Waals surface area (Å²) in [6.45, 7) is 4.23. The number of anilines is 1. The normalized spacial score (nSPS) is 18.0. The number of hydrogen-bond acceptors (Lipinski definition) is 4. The van der Waals surface area contributed by atoms with Crippen LogP contribution in [0.1, 0.15) is 26.2 Å². The number of nitrogens with one attached hydrogen (secondary N) is 1. The molecule has 7 heteroatoms. The summed E-state index contributed by atoms with van der Waals surface area (Å²) in [6, 6.07) is 2.55. The number of nitrogens with zero attached hydrogens (tertiary/aromatic N) is 2. The van der Waals surface area contributed by atoms with Crippen LogP contribution < -0.4 is 10.2 Å². The van der Waals surface area contributed by atoms with Gasteiger partial charge < -0.3 is 10.2 Å². The molecule has 1 saturated heterocycles. The van der Waals surface area contributed by atoms with Crippen molar-refractivity contribution in [3.05, 3.63) is 33.1 Å². The second-order valence-electron chi connectivity index (χ2n) is 5.25. The minimum Gasteiger partial charge on any atom is -0.364 e. The minimum absolute atomic E-state index is 0.146. The maximum absolute atomic E-state index is 13.7. The molecule has 1 unspecified atom stereocenters. The molecule has 116 valence electrons. The van der Waals surface area contributed by atoms with Crippen molar-refractivity contribution in [2.24, 2.45) is 0 Å². The Bertz CT molecular complexity index is 521. The third-order valence-corrected chi connectivity index (χ3v) is 3.94. The number of rotatable bonds is 6. The van der Waals surface area contributed by atoms with E-state index in [0.29, 0.717) is 18.8 Å². The molecule has 0 aromatic heterocycles. The lowest BCUT2D eigenvalue weighted by atomic mass is 10.1. The summed E-state index contributed by atoms with van der Waals surface area (Å²) < 4.78 is 13.7. The summed E-state index contributed by atoms with van der Waals surface area (Å²) in [5.41, 5.74) is 0.158. The van der Waals surface area contributed by atoms with Gasteiger partial charge in [-0.05, 0) is 25.8 Å². The van der Waals surface area contributed by atoms with E-state index in [1.165, 1.54) is 6.07 Å². The van der Waals surface area contributed by atoms with Crippen molar-refractivity contribution >= 4 is 23.0 Å². The van der Waals surface area contributed by atoms with E-state index >= 15 is 0 Å². The SMILES string of the molecule is CCCN(CC1CCCN1)c1cc(F)c(Cl)cc1[N+](=O)[O-]. The van der Waals surface area contributed by atoms with Crippen LogP contribution >= 0.6 is 11.6 Å². The molecule has 1 N–H and O–H groups in total. The van der Waals surface area contributed by atoms with E-state index in [9.17, 15) is 14.5 Å². The van der Waals surface area contributed by atoms with Gasteiger partial charge in [-0.15, -0.1) is 0 Å². The second-order valence-corrected chi connectivity index (χ2v) is 5.66. The molecule has 5 nitrogen and oxygen atoms in total. The van der Waals surface area contributed by atoms with Crippen molar-refractivity contribution in [1.29, 1.82) is 0 Å². The molecule has 0 spiro atoms. The molecular formula is C14H19ClFN3O2. The van der Waals surface area contributed by atoms with Crippen molar-refractivity contribution in [1.82, 2.24) is 5.32 Å². The van der Waals surface area contributed by atoms with E-state index < -0.39 is 10.7 Å². The Kier molecular flexibility index (Phi) is 5.36. The Hall–Kier alpha value is -1.40. The zero-order valence-electron chi connectivity index (χ0n) is 11.9. The molecule has 0 radical (unpaired) electrons. The van der Waals surface area contributed by atoms with Crippen LogP contribution in [-0.2, 0) is 0 Å². The molecule has 0 saturated carbocycles. The summed E-state index contributed by atoms with van der Waals surface area (Å²) >= 11 is 5.67. The van der Waals surface area contributed by atoms with Crippen LogP contribution in [0, 0.1) is 15.9 Å². The highest BCUT2D eigenvalue weighted by molar-refractivity contribution is 6.31. The predicted octanol–water partition coefficient (Wildman–Crippen LogP) is 3.36. The van der Waals surface area contributed by atoms with Gasteiger partial charge in [0, 0.05) is 31.3 Å². The Balaban J connectivity index is 2.33. The fraction of sp³-hybridized carbons (Fsp3) is 0.571. The van der Waals surface area contributed by atoms with Crippen LogP contribution in [0.5, 0.6) is 0 Å². The zero-order valence-corrected chi connectivity index (χ0v) is 12.7. The topological polar surface area (TPSA) is 58.4 Å². The Morgan fingerprint density at radius 3 is 2.90 bits per heavy atom. The molecule has 1 aromatic carbocycles. The highest BCUT2D eigenvalue weighted by atomic mass is 35.5. The first kappa shape index (κ1) is 16.0. The van der Waals surface area contributed by atoms with Gasteiger partial charge in [0.2, 0.25) is 0 Å². The molecule has 1 heterocycles. The first-order chi connectivity index (χ1) is 10.0. The summed E-state index contributed by atoms with van der Waals surface area (Å²) in [6.07, 6.45) is 2.96. The first-order valence-corrected chi connectivity index (χ1v) is 7.52. The predicted molar refractivity (Wildman–Crippen MR) is 81.6 cm³/mol. The number of benzene rings is 1. The van der Waals surface area contributed by atoms with Crippen molar-refractivity contribution in [2.45, 2.75) is 32.2 Å². The molecule has 1 aromatic rings.